The van der Waals surface area contributed by atoms with Crippen molar-refractivity contribution in [2.45, 2.75) is 32.9 Å². The van der Waals surface area contributed by atoms with Gasteiger partial charge >= 0.3 is 6.18 Å². The summed E-state index contributed by atoms with van der Waals surface area (Å²) in [5.74, 6) is -1.32. The second-order valence-electron chi connectivity index (χ2n) is 7.78. The average molecular weight is 441 g/mol. The second kappa shape index (κ2) is 9.03. The van der Waals surface area contributed by atoms with E-state index >= 15 is 0 Å². The van der Waals surface area contributed by atoms with E-state index in [4.69, 9.17) is 0 Å². The highest BCUT2D eigenvalue weighted by Crippen LogP contribution is 2.33. The number of carbonyl (C=O) groups is 2. The molecule has 1 fully saturated rings. The molecule has 0 bridgehead atoms. The Morgan fingerprint density at radius 1 is 1.10 bits per heavy atom. The summed E-state index contributed by atoms with van der Waals surface area (Å²) in [5, 5.41) is 6.93. The Balaban J connectivity index is 1.78. The number of hydrogen-bond acceptors (Lipinski definition) is 4. The van der Waals surface area contributed by atoms with Crippen molar-refractivity contribution < 1.29 is 27.2 Å². The van der Waals surface area contributed by atoms with Gasteiger partial charge in [0.05, 0.1) is 5.69 Å². The average Bonchev–Trinajstić information content (AvgIpc) is 3.17. The smallest absolute Gasteiger partial charge is 0.339 e. The fourth-order valence-corrected chi connectivity index (χ4v) is 3.35. The van der Waals surface area contributed by atoms with Gasteiger partial charge in [-0.25, -0.2) is 9.07 Å². The third kappa shape index (κ3) is 5.20. The van der Waals surface area contributed by atoms with Gasteiger partial charge in [0.2, 0.25) is 5.91 Å². The molecule has 0 atom stereocenters. The van der Waals surface area contributed by atoms with E-state index in [0.717, 1.165) is 18.6 Å². The second-order valence-corrected chi connectivity index (χ2v) is 7.78. The summed E-state index contributed by atoms with van der Waals surface area (Å²) in [4.78, 5) is 27.9. The van der Waals surface area contributed by atoms with E-state index in [1.165, 1.54) is 17.0 Å². The highest BCUT2D eigenvalue weighted by atomic mass is 19.4. The monoisotopic (exact) mass is 441 g/mol. The molecule has 1 saturated heterocycles. The van der Waals surface area contributed by atoms with Crippen molar-refractivity contribution in [2.75, 3.05) is 26.2 Å². The molecule has 0 saturated carbocycles. The first-order chi connectivity index (χ1) is 14.6. The maximum absolute atomic E-state index is 13.8. The molecule has 2 heterocycles. The van der Waals surface area contributed by atoms with Crippen LogP contribution in [0.5, 0.6) is 0 Å². The molecule has 0 aliphatic carbocycles. The minimum atomic E-state index is -4.94. The van der Waals surface area contributed by atoms with Gasteiger partial charge in [-0.2, -0.15) is 13.2 Å². The maximum atomic E-state index is 13.8. The molecule has 0 radical (unpaired) electrons. The minimum absolute atomic E-state index is 0.0335. The lowest BCUT2D eigenvalue weighted by atomic mass is 10.1. The summed E-state index contributed by atoms with van der Waals surface area (Å²) in [7, 11) is 0. The molecule has 11 heteroatoms. The van der Waals surface area contributed by atoms with E-state index in [9.17, 15) is 27.2 Å². The van der Waals surface area contributed by atoms with Crippen LogP contribution in [0.2, 0.25) is 0 Å². The molecule has 1 aliphatic rings. The molecule has 0 spiro atoms. The van der Waals surface area contributed by atoms with E-state index in [1.54, 1.807) is 4.90 Å². The largest absolute Gasteiger partial charge is 0.435 e. The van der Waals surface area contributed by atoms with E-state index in [1.807, 2.05) is 13.8 Å². The number of amides is 2. The highest BCUT2D eigenvalue weighted by molar-refractivity contribution is 5.94. The molecule has 1 aromatic carbocycles. The number of hydrogen-bond donors (Lipinski definition) is 0. The predicted octanol–water partition coefficient (Wildman–Crippen LogP) is 3.15. The first-order valence-electron chi connectivity index (χ1n) is 9.93. The van der Waals surface area contributed by atoms with Crippen LogP contribution in [-0.2, 0) is 11.0 Å². The van der Waals surface area contributed by atoms with Gasteiger partial charge in [-0.05, 0) is 30.5 Å². The third-order valence-electron chi connectivity index (χ3n) is 5.05. The molecule has 1 aromatic heterocycles. The maximum Gasteiger partial charge on any atom is 0.435 e. The minimum Gasteiger partial charge on any atom is -0.339 e. The van der Waals surface area contributed by atoms with Crippen molar-refractivity contribution in [1.82, 2.24) is 24.8 Å². The van der Waals surface area contributed by atoms with Crippen LogP contribution in [-0.4, -0.2) is 62.8 Å². The fraction of sp³-hybridized carbons (Fsp3) is 0.500. The molecular formula is C20H23F4N5O2. The summed E-state index contributed by atoms with van der Waals surface area (Å²) in [6.07, 6.45) is -3.79. The molecule has 2 amide bonds. The van der Waals surface area contributed by atoms with Crippen molar-refractivity contribution in [3.8, 4) is 5.69 Å². The predicted molar refractivity (Wildman–Crippen MR) is 103 cm³/mol. The van der Waals surface area contributed by atoms with Crippen LogP contribution in [0.1, 0.15) is 42.9 Å². The molecule has 7 nitrogen and oxygen atoms in total. The summed E-state index contributed by atoms with van der Waals surface area (Å²) in [6, 6.07) is 4.44. The van der Waals surface area contributed by atoms with Crippen LogP contribution in [0.25, 0.3) is 5.69 Å². The standard InChI is InChI=1S/C20H23F4N5O2/c1-13(2)6-7-16(30)27-8-10-28(11-9-27)19(31)17-18(20(22,23)24)29(26-25-17)15-5-3-4-14(21)12-15/h3-5,12-13H,6-11H2,1-2H3. The van der Waals surface area contributed by atoms with Gasteiger partial charge < -0.3 is 9.80 Å². The van der Waals surface area contributed by atoms with E-state index in [-0.39, 0.29) is 37.8 Å². The number of benzene rings is 1. The van der Waals surface area contributed by atoms with Crippen LogP contribution in [0.3, 0.4) is 0 Å². The molecule has 0 N–H and O–H groups in total. The van der Waals surface area contributed by atoms with Gasteiger partial charge in [0, 0.05) is 32.6 Å². The highest BCUT2D eigenvalue weighted by Gasteiger charge is 2.43. The Morgan fingerprint density at radius 2 is 1.74 bits per heavy atom. The van der Waals surface area contributed by atoms with Crippen molar-refractivity contribution in [3.05, 3.63) is 41.5 Å². The zero-order chi connectivity index (χ0) is 22.8. The van der Waals surface area contributed by atoms with Gasteiger partial charge in [-0.3, -0.25) is 9.59 Å². The van der Waals surface area contributed by atoms with Crippen molar-refractivity contribution in [3.63, 3.8) is 0 Å². The molecule has 2 aromatic rings. The Bertz CT molecular complexity index is 949. The molecule has 168 valence electrons. The number of halogens is 4. The van der Waals surface area contributed by atoms with Crippen molar-refractivity contribution >= 4 is 11.8 Å². The van der Waals surface area contributed by atoms with Crippen LogP contribution >= 0.6 is 0 Å². The number of aromatic nitrogens is 3. The summed E-state index contributed by atoms with van der Waals surface area (Å²) in [5.41, 5.74) is -2.41. The van der Waals surface area contributed by atoms with Gasteiger partial charge in [-0.1, -0.05) is 25.1 Å². The van der Waals surface area contributed by atoms with Gasteiger partial charge in [0.1, 0.15) is 5.82 Å². The van der Waals surface area contributed by atoms with Crippen LogP contribution in [0.4, 0.5) is 17.6 Å². The third-order valence-corrected chi connectivity index (χ3v) is 5.05. The van der Waals surface area contributed by atoms with Crippen LogP contribution < -0.4 is 0 Å². The Kier molecular flexibility index (Phi) is 6.61. The number of alkyl halides is 3. The molecule has 31 heavy (non-hydrogen) atoms. The van der Waals surface area contributed by atoms with E-state index in [2.05, 4.69) is 10.3 Å². The van der Waals surface area contributed by atoms with Gasteiger partial charge in [0.15, 0.2) is 11.4 Å². The van der Waals surface area contributed by atoms with E-state index in [0.29, 0.717) is 17.0 Å². The normalized spacial score (nSPS) is 14.9. The van der Waals surface area contributed by atoms with Crippen LogP contribution in [0, 0.1) is 11.7 Å². The Hall–Kier alpha value is -2.98. The molecule has 0 unspecified atom stereocenters. The zero-order valence-electron chi connectivity index (χ0n) is 17.2. The SMILES string of the molecule is CC(C)CCC(=O)N1CCN(C(=O)c2nnn(-c3cccc(F)c3)c2C(F)(F)F)CC1. The number of nitrogens with zero attached hydrogens (tertiary/aromatic N) is 5. The Morgan fingerprint density at radius 3 is 2.32 bits per heavy atom. The Labute approximate surface area is 176 Å². The molecule has 3 rings (SSSR count). The number of rotatable bonds is 5. The first kappa shape index (κ1) is 22.7. The van der Waals surface area contributed by atoms with Crippen LogP contribution in [0.15, 0.2) is 24.3 Å². The molecule has 1 aliphatic heterocycles. The lowest BCUT2D eigenvalue weighted by Gasteiger charge is -2.34. The van der Waals surface area contributed by atoms with Gasteiger partial charge in [-0.15, -0.1) is 5.10 Å². The summed E-state index contributed by atoms with van der Waals surface area (Å²) in [6.45, 7) is 4.69. The number of carbonyl (C=O) groups excluding carboxylic acids is 2. The summed E-state index contributed by atoms with van der Waals surface area (Å²) < 4.78 is 55.2. The lowest BCUT2D eigenvalue weighted by Crippen LogP contribution is -2.51. The zero-order valence-corrected chi connectivity index (χ0v) is 17.2. The van der Waals surface area contributed by atoms with Crippen molar-refractivity contribution in [1.29, 1.82) is 0 Å². The topological polar surface area (TPSA) is 71.3 Å². The first-order valence-corrected chi connectivity index (χ1v) is 9.93. The van der Waals surface area contributed by atoms with Crippen molar-refractivity contribution in [2.24, 2.45) is 5.92 Å². The fourth-order valence-electron chi connectivity index (χ4n) is 3.35. The summed E-state index contributed by atoms with van der Waals surface area (Å²) >= 11 is 0. The van der Waals surface area contributed by atoms with Gasteiger partial charge in [0.25, 0.3) is 5.91 Å². The number of piperazine rings is 1. The quantitative estimate of drug-likeness (QED) is 0.669. The molecular weight excluding hydrogens is 418 g/mol. The lowest BCUT2D eigenvalue weighted by molar-refractivity contribution is -0.143. The van der Waals surface area contributed by atoms with E-state index < -0.39 is 29.3 Å².